The number of nitrogens with one attached hydrogen (secondary N) is 3. The van der Waals surface area contributed by atoms with Crippen LogP contribution in [0.15, 0.2) is 36.4 Å². The van der Waals surface area contributed by atoms with E-state index >= 15 is 0 Å². The fourth-order valence-corrected chi connectivity index (χ4v) is 1.92. The van der Waals surface area contributed by atoms with Crippen LogP contribution in [-0.4, -0.2) is 11.0 Å². The van der Waals surface area contributed by atoms with E-state index in [1.165, 1.54) is 12.1 Å². The van der Waals surface area contributed by atoms with Crippen molar-refractivity contribution in [3.05, 3.63) is 53.5 Å². The Kier molecular flexibility index (Phi) is 5.84. The number of nitrogens with two attached hydrogens (primary N) is 1. The van der Waals surface area contributed by atoms with Crippen molar-refractivity contribution in [2.45, 2.75) is 20.0 Å². The number of hydrazine groups is 2. The molecule has 2 amide bonds. The molecule has 1 heterocycles. The van der Waals surface area contributed by atoms with Gasteiger partial charge in [0.05, 0.1) is 5.69 Å². The second-order valence-corrected chi connectivity index (χ2v) is 4.60. The monoisotopic (exact) mass is 319 g/mol. The molecule has 0 spiro atoms. The normalized spacial score (nSPS) is 10.2. The summed E-state index contributed by atoms with van der Waals surface area (Å²) in [5.41, 5.74) is 5.50. The molecule has 0 aliphatic carbocycles. The number of anilines is 1. The number of hydrogen-bond acceptors (Lipinski definition) is 5. The molecule has 0 saturated carbocycles. The van der Waals surface area contributed by atoms with Crippen LogP contribution in [-0.2, 0) is 13.0 Å². The summed E-state index contributed by atoms with van der Waals surface area (Å²) < 4.78 is 19.6. The number of halogens is 1. The van der Waals surface area contributed by atoms with Gasteiger partial charge >= 0.3 is 6.03 Å². The minimum atomic E-state index is -0.620. The number of aryl methyl sites for hydroxylation is 1. The van der Waals surface area contributed by atoms with Gasteiger partial charge in [-0.25, -0.2) is 14.2 Å². The first-order valence-electron chi connectivity index (χ1n) is 7.02. The molecular formula is C15H18FN5O2. The molecule has 2 aromatic rings. The van der Waals surface area contributed by atoms with Crippen molar-refractivity contribution in [1.82, 2.24) is 15.9 Å². The van der Waals surface area contributed by atoms with Crippen LogP contribution >= 0.6 is 0 Å². The van der Waals surface area contributed by atoms with Crippen LogP contribution in [0.4, 0.5) is 14.9 Å². The number of pyridine rings is 1. The van der Waals surface area contributed by atoms with Crippen molar-refractivity contribution in [3.8, 4) is 5.88 Å². The molecule has 1 aromatic carbocycles. The maximum absolute atomic E-state index is 14.0. The van der Waals surface area contributed by atoms with Gasteiger partial charge in [0.25, 0.3) is 0 Å². The quantitative estimate of drug-likeness (QED) is 0.481. The number of carbonyl (C=O) groups excluding carboxylic acids is 1. The van der Waals surface area contributed by atoms with E-state index < -0.39 is 11.8 Å². The SMILES string of the molecule is CCc1cccc(OCc2c(F)cccc2NC(=O)NNN)n1. The van der Waals surface area contributed by atoms with Crippen LogP contribution in [0, 0.1) is 5.82 Å². The molecule has 1 aromatic heterocycles. The number of urea groups is 1. The summed E-state index contributed by atoms with van der Waals surface area (Å²) in [6.07, 6.45) is 0.774. The van der Waals surface area contributed by atoms with Crippen LogP contribution in [0.2, 0.25) is 0 Å². The highest BCUT2D eigenvalue weighted by Gasteiger charge is 2.12. The van der Waals surface area contributed by atoms with Crippen LogP contribution < -0.4 is 26.9 Å². The van der Waals surface area contributed by atoms with Crippen LogP contribution in [0.25, 0.3) is 0 Å². The van der Waals surface area contributed by atoms with Gasteiger partial charge in [-0.2, -0.15) is 5.53 Å². The Morgan fingerprint density at radius 1 is 1.30 bits per heavy atom. The van der Waals surface area contributed by atoms with Crippen molar-refractivity contribution < 1.29 is 13.9 Å². The molecule has 0 fully saturated rings. The van der Waals surface area contributed by atoms with Crippen molar-refractivity contribution in [1.29, 1.82) is 0 Å². The minimum absolute atomic E-state index is 0.0709. The van der Waals surface area contributed by atoms with E-state index in [0.717, 1.165) is 12.1 Å². The molecule has 0 aliphatic heterocycles. The van der Waals surface area contributed by atoms with E-state index in [4.69, 9.17) is 10.6 Å². The first kappa shape index (κ1) is 16.7. The molecule has 0 saturated heterocycles. The predicted octanol–water partition coefficient (Wildman–Crippen LogP) is 1.86. The van der Waals surface area contributed by atoms with Gasteiger partial charge in [0, 0.05) is 17.3 Å². The maximum atomic E-state index is 14.0. The fourth-order valence-electron chi connectivity index (χ4n) is 1.92. The zero-order valence-electron chi connectivity index (χ0n) is 12.6. The van der Waals surface area contributed by atoms with Gasteiger partial charge in [0.2, 0.25) is 5.88 Å². The number of rotatable bonds is 6. The molecule has 23 heavy (non-hydrogen) atoms. The second-order valence-electron chi connectivity index (χ2n) is 4.60. The third-order valence-electron chi connectivity index (χ3n) is 3.06. The summed E-state index contributed by atoms with van der Waals surface area (Å²) in [6.45, 7) is 1.91. The van der Waals surface area contributed by atoms with Gasteiger partial charge in [-0.05, 0) is 24.6 Å². The average molecular weight is 319 g/mol. The number of amides is 2. The summed E-state index contributed by atoms with van der Waals surface area (Å²) in [6, 6.07) is 9.12. The number of aromatic nitrogens is 1. The maximum Gasteiger partial charge on any atom is 0.334 e. The summed E-state index contributed by atoms with van der Waals surface area (Å²) in [5, 5.41) is 2.48. The average Bonchev–Trinajstić information content (AvgIpc) is 2.55. The highest BCUT2D eigenvalue weighted by Crippen LogP contribution is 2.21. The molecule has 0 bridgehead atoms. The van der Waals surface area contributed by atoms with Gasteiger partial charge in [-0.3, -0.25) is 11.3 Å². The van der Waals surface area contributed by atoms with Crippen LogP contribution in [0.1, 0.15) is 18.2 Å². The zero-order chi connectivity index (χ0) is 16.7. The van der Waals surface area contributed by atoms with Crippen molar-refractivity contribution in [2.24, 2.45) is 5.84 Å². The van der Waals surface area contributed by atoms with Crippen LogP contribution in [0.3, 0.4) is 0 Å². The largest absolute Gasteiger partial charge is 0.473 e. The van der Waals surface area contributed by atoms with Gasteiger partial charge in [0.15, 0.2) is 0 Å². The molecule has 7 nitrogen and oxygen atoms in total. The highest BCUT2D eigenvalue weighted by molar-refractivity contribution is 5.89. The van der Waals surface area contributed by atoms with E-state index in [9.17, 15) is 9.18 Å². The lowest BCUT2D eigenvalue weighted by atomic mass is 10.2. The summed E-state index contributed by atoms with van der Waals surface area (Å²) >= 11 is 0. The van der Waals surface area contributed by atoms with E-state index in [1.54, 1.807) is 12.1 Å². The number of ether oxygens (including phenoxy) is 1. The molecule has 0 radical (unpaired) electrons. The Balaban J connectivity index is 2.13. The third-order valence-corrected chi connectivity index (χ3v) is 3.06. The minimum Gasteiger partial charge on any atom is -0.473 e. The first-order chi connectivity index (χ1) is 11.1. The van der Waals surface area contributed by atoms with Gasteiger partial charge < -0.3 is 10.1 Å². The molecule has 0 unspecified atom stereocenters. The van der Waals surface area contributed by atoms with Crippen molar-refractivity contribution in [3.63, 3.8) is 0 Å². The number of carbonyl (C=O) groups is 1. The Bertz CT molecular complexity index is 681. The summed E-state index contributed by atoms with van der Waals surface area (Å²) in [4.78, 5) is 15.8. The molecule has 5 N–H and O–H groups in total. The zero-order valence-corrected chi connectivity index (χ0v) is 12.6. The molecule has 0 atom stereocenters. The number of nitrogens with zero attached hydrogens (tertiary/aromatic N) is 1. The lowest BCUT2D eigenvalue weighted by molar-refractivity contribution is 0.248. The number of benzene rings is 1. The fraction of sp³-hybridized carbons (Fsp3) is 0.200. The Labute approximate surface area is 133 Å². The van der Waals surface area contributed by atoms with Gasteiger partial charge in [-0.15, -0.1) is 0 Å². The molecule has 8 heteroatoms. The van der Waals surface area contributed by atoms with Crippen molar-refractivity contribution >= 4 is 11.7 Å². The molecule has 2 rings (SSSR count). The van der Waals surface area contributed by atoms with Crippen LogP contribution in [0.5, 0.6) is 5.88 Å². The Morgan fingerprint density at radius 2 is 2.09 bits per heavy atom. The predicted molar refractivity (Wildman–Crippen MR) is 83.8 cm³/mol. The first-order valence-corrected chi connectivity index (χ1v) is 7.02. The van der Waals surface area contributed by atoms with E-state index in [0.29, 0.717) is 5.88 Å². The summed E-state index contributed by atoms with van der Waals surface area (Å²) in [5.74, 6) is 4.89. The van der Waals surface area contributed by atoms with E-state index in [-0.39, 0.29) is 17.9 Å². The Morgan fingerprint density at radius 3 is 2.83 bits per heavy atom. The van der Waals surface area contributed by atoms with Gasteiger partial charge in [-0.1, -0.05) is 19.1 Å². The molecule has 0 aliphatic rings. The standard InChI is InChI=1S/C15H18FN5O2/c1-2-10-5-3-8-14(18-10)23-9-11-12(16)6-4-7-13(11)19-15(22)20-21-17/h3-8,21H,2,9,17H2,1H3,(H2,19,20,22). The van der Waals surface area contributed by atoms with E-state index in [1.807, 2.05) is 24.6 Å². The highest BCUT2D eigenvalue weighted by atomic mass is 19.1. The molecular weight excluding hydrogens is 301 g/mol. The van der Waals surface area contributed by atoms with E-state index in [2.05, 4.69) is 15.7 Å². The van der Waals surface area contributed by atoms with Gasteiger partial charge in [0.1, 0.15) is 12.4 Å². The Hall–Kier alpha value is -2.71. The topological polar surface area (TPSA) is 101 Å². The second kappa shape index (κ2) is 8.06. The summed E-state index contributed by atoms with van der Waals surface area (Å²) in [7, 11) is 0. The smallest absolute Gasteiger partial charge is 0.334 e. The van der Waals surface area contributed by atoms with Crippen molar-refractivity contribution in [2.75, 3.05) is 5.32 Å². The number of hydrogen-bond donors (Lipinski definition) is 4. The molecule has 122 valence electrons. The lowest BCUT2D eigenvalue weighted by Crippen LogP contribution is -2.44. The lowest BCUT2D eigenvalue weighted by Gasteiger charge is -2.13. The third kappa shape index (κ3) is 4.63.